The molecule has 0 saturated carbocycles. The normalized spacial score (nSPS) is 18.3. The Morgan fingerprint density at radius 2 is 2.17 bits per heavy atom. The summed E-state index contributed by atoms with van der Waals surface area (Å²) in [5.41, 5.74) is 0.596. The molecule has 7 heteroatoms. The van der Waals surface area contributed by atoms with E-state index in [1.165, 1.54) is 35.3 Å². The maximum Gasteiger partial charge on any atom is 0.247 e. The molecule has 1 aromatic rings. The zero-order chi connectivity index (χ0) is 17.7. The molecule has 5 nitrogen and oxygen atoms in total. The van der Waals surface area contributed by atoms with Crippen LogP contribution < -0.4 is 0 Å². The maximum atomic E-state index is 13.1. The summed E-state index contributed by atoms with van der Waals surface area (Å²) in [6, 6.07) is 3.58. The van der Waals surface area contributed by atoms with Gasteiger partial charge in [0.15, 0.2) is 0 Å². The molecule has 1 aromatic carbocycles. The number of amides is 2. The Bertz CT molecular complexity index is 678. The molecule has 128 valence electrons. The van der Waals surface area contributed by atoms with E-state index >= 15 is 0 Å². The average Bonchev–Trinajstić information content (AvgIpc) is 2.57. The third-order valence-corrected chi connectivity index (χ3v) is 4.20. The molecule has 2 rings (SSSR count). The Morgan fingerprint density at radius 1 is 1.42 bits per heavy atom. The van der Waals surface area contributed by atoms with Crippen molar-refractivity contribution < 1.29 is 18.8 Å². The number of carbonyl (C=O) groups excluding carboxylic acids is 3. The topological polar surface area (TPSA) is 57.7 Å². The van der Waals surface area contributed by atoms with E-state index in [2.05, 4.69) is 0 Å². The summed E-state index contributed by atoms with van der Waals surface area (Å²) in [5, 5.41) is -0.0167. The van der Waals surface area contributed by atoms with Crippen LogP contribution in [0.25, 0.3) is 6.08 Å². The Hall–Kier alpha value is -2.21. The lowest BCUT2D eigenvalue weighted by molar-refractivity contribution is -0.148. The SMILES string of the molecule is C[C@H]1C(=O)N(CCC=O)CCN1C(=O)/C=C/c1ccc(F)c(Cl)c1. The third-order valence-electron chi connectivity index (χ3n) is 3.91. The van der Waals surface area contributed by atoms with E-state index in [4.69, 9.17) is 11.6 Å². The van der Waals surface area contributed by atoms with Gasteiger partial charge in [-0.2, -0.15) is 0 Å². The fourth-order valence-electron chi connectivity index (χ4n) is 2.54. The van der Waals surface area contributed by atoms with Crippen molar-refractivity contribution in [3.8, 4) is 0 Å². The Kier molecular flexibility index (Phi) is 6.09. The molecule has 1 saturated heterocycles. The van der Waals surface area contributed by atoms with Gasteiger partial charge in [0.2, 0.25) is 11.8 Å². The first kappa shape index (κ1) is 18.1. The lowest BCUT2D eigenvalue weighted by Gasteiger charge is -2.38. The highest BCUT2D eigenvalue weighted by molar-refractivity contribution is 6.30. The van der Waals surface area contributed by atoms with E-state index in [1.54, 1.807) is 11.8 Å². The van der Waals surface area contributed by atoms with Crippen molar-refractivity contribution in [3.63, 3.8) is 0 Å². The van der Waals surface area contributed by atoms with Crippen molar-refractivity contribution in [3.05, 3.63) is 40.7 Å². The van der Waals surface area contributed by atoms with Gasteiger partial charge in [-0.3, -0.25) is 9.59 Å². The van der Waals surface area contributed by atoms with E-state index in [-0.39, 0.29) is 23.3 Å². The van der Waals surface area contributed by atoms with Crippen LogP contribution >= 0.6 is 11.6 Å². The van der Waals surface area contributed by atoms with Crippen LogP contribution in [0.1, 0.15) is 18.9 Å². The monoisotopic (exact) mass is 352 g/mol. The second-order valence-electron chi connectivity index (χ2n) is 5.50. The second kappa shape index (κ2) is 8.06. The molecule has 0 N–H and O–H groups in total. The fourth-order valence-corrected chi connectivity index (χ4v) is 2.73. The van der Waals surface area contributed by atoms with Crippen LogP contribution in [0.3, 0.4) is 0 Å². The van der Waals surface area contributed by atoms with Crippen molar-refractivity contribution in [1.29, 1.82) is 0 Å². The molecule has 2 amide bonds. The number of rotatable bonds is 5. The molecule has 1 fully saturated rings. The lowest BCUT2D eigenvalue weighted by Crippen LogP contribution is -2.57. The quantitative estimate of drug-likeness (QED) is 0.602. The molecule has 0 aromatic heterocycles. The standard InChI is InChI=1S/C17H18ClFN2O3/c1-12-17(24)20(7-2-10-22)8-9-21(12)16(23)6-4-13-3-5-15(19)14(18)11-13/h3-6,10-12H,2,7-9H2,1H3/b6-4+/t12-/m0/s1. The van der Waals surface area contributed by atoms with Gasteiger partial charge in [0.1, 0.15) is 18.1 Å². The molecule has 1 atom stereocenters. The predicted octanol–water partition coefficient (Wildman–Crippen LogP) is 2.14. The minimum Gasteiger partial charge on any atom is -0.339 e. The van der Waals surface area contributed by atoms with E-state index in [0.717, 1.165) is 6.29 Å². The summed E-state index contributed by atoms with van der Waals surface area (Å²) in [6.45, 7) is 2.84. The number of halogens is 2. The van der Waals surface area contributed by atoms with Crippen LogP contribution in [-0.4, -0.2) is 53.6 Å². The van der Waals surface area contributed by atoms with E-state index in [1.807, 2.05) is 0 Å². The summed E-state index contributed by atoms with van der Waals surface area (Å²) >= 11 is 5.70. The highest BCUT2D eigenvalue weighted by Gasteiger charge is 2.32. The summed E-state index contributed by atoms with van der Waals surface area (Å²) < 4.78 is 13.1. The zero-order valence-electron chi connectivity index (χ0n) is 13.2. The van der Waals surface area contributed by atoms with Crippen molar-refractivity contribution in [2.75, 3.05) is 19.6 Å². The molecular formula is C17H18ClFN2O3. The van der Waals surface area contributed by atoms with Crippen molar-refractivity contribution >= 4 is 35.8 Å². The van der Waals surface area contributed by atoms with Crippen LogP contribution in [0.5, 0.6) is 0 Å². The molecule has 1 aliphatic rings. The van der Waals surface area contributed by atoms with Crippen molar-refractivity contribution in [2.45, 2.75) is 19.4 Å². The Balaban J connectivity index is 2.02. The van der Waals surface area contributed by atoms with Gasteiger partial charge in [0.05, 0.1) is 5.02 Å². The fraction of sp³-hybridized carbons (Fsp3) is 0.353. The molecule has 0 bridgehead atoms. The van der Waals surface area contributed by atoms with Crippen LogP contribution in [0.2, 0.25) is 5.02 Å². The van der Waals surface area contributed by atoms with Gasteiger partial charge in [-0.15, -0.1) is 0 Å². The van der Waals surface area contributed by atoms with Crippen molar-refractivity contribution in [1.82, 2.24) is 9.80 Å². The first-order chi connectivity index (χ1) is 11.4. The predicted molar refractivity (Wildman–Crippen MR) is 88.9 cm³/mol. The smallest absolute Gasteiger partial charge is 0.247 e. The largest absolute Gasteiger partial charge is 0.339 e. The highest BCUT2D eigenvalue weighted by Crippen LogP contribution is 2.17. The Morgan fingerprint density at radius 3 is 2.83 bits per heavy atom. The van der Waals surface area contributed by atoms with Crippen LogP contribution in [0, 0.1) is 5.82 Å². The zero-order valence-corrected chi connectivity index (χ0v) is 14.0. The first-order valence-electron chi connectivity index (χ1n) is 7.60. The molecule has 0 radical (unpaired) electrons. The van der Waals surface area contributed by atoms with Crippen LogP contribution in [0.15, 0.2) is 24.3 Å². The molecule has 1 aliphatic heterocycles. The summed E-state index contributed by atoms with van der Waals surface area (Å²) in [4.78, 5) is 38.0. The molecular weight excluding hydrogens is 335 g/mol. The van der Waals surface area contributed by atoms with E-state index < -0.39 is 11.9 Å². The molecule has 24 heavy (non-hydrogen) atoms. The van der Waals surface area contributed by atoms with Gasteiger partial charge in [-0.05, 0) is 30.7 Å². The van der Waals surface area contributed by atoms with Gasteiger partial charge < -0.3 is 14.6 Å². The van der Waals surface area contributed by atoms with Gasteiger partial charge in [0, 0.05) is 32.1 Å². The number of benzene rings is 1. The van der Waals surface area contributed by atoms with Gasteiger partial charge in [-0.25, -0.2) is 4.39 Å². The number of hydrogen-bond acceptors (Lipinski definition) is 3. The van der Waals surface area contributed by atoms with Gasteiger partial charge >= 0.3 is 0 Å². The van der Waals surface area contributed by atoms with E-state index in [9.17, 15) is 18.8 Å². The van der Waals surface area contributed by atoms with Gasteiger partial charge in [0.25, 0.3) is 0 Å². The molecule has 0 spiro atoms. The second-order valence-corrected chi connectivity index (χ2v) is 5.90. The number of hydrogen-bond donors (Lipinski definition) is 0. The lowest BCUT2D eigenvalue weighted by atomic mass is 10.1. The summed E-state index contributed by atoms with van der Waals surface area (Å²) in [5.74, 6) is -0.994. The number of piperazine rings is 1. The van der Waals surface area contributed by atoms with Crippen LogP contribution in [-0.2, 0) is 14.4 Å². The van der Waals surface area contributed by atoms with E-state index in [0.29, 0.717) is 25.2 Å². The molecule has 0 unspecified atom stereocenters. The number of carbonyl (C=O) groups is 3. The average molecular weight is 353 g/mol. The van der Waals surface area contributed by atoms with Crippen LogP contribution in [0.4, 0.5) is 4.39 Å². The Labute approximate surface area is 144 Å². The number of aldehydes is 1. The molecule has 1 heterocycles. The maximum absolute atomic E-state index is 13.1. The first-order valence-corrected chi connectivity index (χ1v) is 7.98. The number of nitrogens with zero attached hydrogens (tertiary/aromatic N) is 2. The molecule has 0 aliphatic carbocycles. The minimum absolute atomic E-state index is 0.0167. The summed E-state index contributed by atoms with van der Waals surface area (Å²) in [7, 11) is 0. The highest BCUT2D eigenvalue weighted by atomic mass is 35.5. The minimum atomic E-state index is -0.584. The van der Waals surface area contributed by atoms with Crippen molar-refractivity contribution in [2.24, 2.45) is 0 Å². The third kappa shape index (κ3) is 4.20. The summed E-state index contributed by atoms with van der Waals surface area (Å²) in [6.07, 6.45) is 3.93. The van der Waals surface area contributed by atoms with Gasteiger partial charge in [-0.1, -0.05) is 17.7 Å².